The molecule has 4 N–H and O–H groups in total. The van der Waals surface area contributed by atoms with E-state index in [1.165, 1.54) is 12.1 Å². The van der Waals surface area contributed by atoms with Gasteiger partial charge in [0.05, 0.1) is 29.3 Å². The number of nitrogens with one attached hydrogen (secondary N) is 2. The Morgan fingerprint density at radius 2 is 1.41 bits per heavy atom. The van der Waals surface area contributed by atoms with Gasteiger partial charge in [0.1, 0.15) is 6.04 Å². The molecule has 6 aromatic carbocycles. The fraction of sp³-hybridized carbons (Fsp3) is 0.224. The molecule has 1 fully saturated rings. The van der Waals surface area contributed by atoms with Crippen molar-refractivity contribution in [3.8, 4) is 11.1 Å². The number of aliphatic hydroxyl groups excluding tert-OH is 1. The number of aromatic carboxylic acids is 1. The van der Waals surface area contributed by atoms with Crippen molar-refractivity contribution in [2.45, 2.75) is 67.8 Å². The first-order valence-electron chi connectivity index (χ1n) is 20.0. The van der Waals surface area contributed by atoms with Gasteiger partial charge in [-0.1, -0.05) is 116 Å². The van der Waals surface area contributed by atoms with Crippen LogP contribution in [0.5, 0.6) is 0 Å². The van der Waals surface area contributed by atoms with E-state index in [1.807, 2.05) is 110 Å². The number of carboxylic acid groups (broad SMARTS) is 1. The van der Waals surface area contributed by atoms with Crippen LogP contribution in [0.3, 0.4) is 0 Å². The van der Waals surface area contributed by atoms with E-state index in [0.29, 0.717) is 5.75 Å². The molecule has 314 valence electrons. The topological polar surface area (TPSA) is 151 Å². The minimum Gasteiger partial charge on any atom is -0.478 e. The Morgan fingerprint density at radius 1 is 0.738 bits per heavy atom. The van der Waals surface area contributed by atoms with E-state index in [1.54, 1.807) is 48.2 Å². The number of sulfonamides is 1. The maximum absolute atomic E-state index is 13.7. The summed E-state index contributed by atoms with van der Waals surface area (Å²) in [6.45, 7) is 4.09. The summed E-state index contributed by atoms with van der Waals surface area (Å²) in [6, 6.07) is 45.1. The van der Waals surface area contributed by atoms with Crippen LogP contribution in [0, 0.1) is 12.8 Å². The Labute approximate surface area is 361 Å². The maximum Gasteiger partial charge on any atom is 0.335 e. The van der Waals surface area contributed by atoms with Gasteiger partial charge in [-0.2, -0.15) is 4.72 Å². The molecule has 6 aromatic rings. The first kappa shape index (κ1) is 43.5. The molecule has 5 unspecified atom stereocenters. The number of ether oxygens (including phenoxy) is 2. The summed E-state index contributed by atoms with van der Waals surface area (Å²) in [5.41, 5.74) is 7.23. The predicted molar refractivity (Wildman–Crippen MR) is 236 cm³/mol. The molecular weight excluding hydrogens is 809 g/mol. The van der Waals surface area contributed by atoms with Gasteiger partial charge in [-0.3, -0.25) is 4.79 Å². The molecule has 7 rings (SSSR count). The van der Waals surface area contributed by atoms with E-state index < -0.39 is 34.2 Å². The van der Waals surface area contributed by atoms with Crippen molar-refractivity contribution in [1.29, 1.82) is 0 Å². The molecule has 1 amide bonds. The lowest BCUT2D eigenvalue weighted by molar-refractivity contribution is -0.268. The molecule has 1 heterocycles. The summed E-state index contributed by atoms with van der Waals surface area (Å²) in [6.07, 6.45) is -1.07. The Kier molecular flexibility index (Phi) is 14.2. The van der Waals surface area contributed by atoms with Crippen molar-refractivity contribution in [3.05, 3.63) is 191 Å². The highest BCUT2D eigenvalue weighted by Crippen LogP contribution is 2.43. The van der Waals surface area contributed by atoms with Crippen LogP contribution in [0.25, 0.3) is 11.1 Å². The minimum atomic E-state index is -3.99. The molecular formula is C49H48N2O8S2. The molecule has 0 spiro atoms. The summed E-state index contributed by atoms with van der Waals surface area (Å²) in [7, 11) is -3.99. The Bertz CT molecular complexity index is 2530. The second-order valence-electron chi connectivity index (χ2n) is 15.2. The predicted octanol–water partition coefficient (Wildman–Crippen LogP) is 8.64. The monoisotopic (exact) mass is 856 g/mol. The second kappa shape index (κ2) is 19.9. The maximum atomic E-state index is 13.7. The van der Waals surface area contributed by atoms with E-state index in [2.05, 4.69) is 17.0 Å². The highest BCUT2D eigenvalue weighted by molar-refractivity contribution is 7.99. The molecule has 5 atom stereocenters. The normalized spacial score (nSPS) is 18.3. The van der Waals surface area contributed by atoms with Crippen LogP contribution < -0.4 is 10.0 Å². The standard InChI is InChI=1S/C49H48N2O8S2/c1-32-14-24-43(25-15-32)61(56,57)51-44(27-34-8-4-3-5-9-34)47(53)50-29-36-10-6-11-39(26-36)40-12-7-13-41(28-40)49-58-45(31-60-42-22-20-38(21-23-42)48(54)55)33(2)46(59-49)37-18-16-35(30-52)17-19-37/h3-26,28,33,44-46,49,51-52H,27,29-31H2,1-2H3,(H,50,53)(H,54,55). The number of aliphatic hydroxyl groups is 1. The summed E-state index contributed by atoms with van der Waals surface area (Å²) >= 11 is 1.59. The number of aryl methyl sites for hydroxylation is 1. The molecule has 1 saturated heterocycles. The van der Waals surface area contributed by atoms with E-state index in [-0.39, 0.29) is 48.2 Å². The molecule has 61 heavy (non-hydrogen) atoms. The van der Waals surface area contributed by atoms with Crippen LogP contribution >= 0.6 is 11.8 Å². The van der Waals surface area contributed by atoms with E-state index in [9.17, 15) is 28.2 Å². The lowest BCUT2D eigenvalue weighted by Crippen LogP contribution is -2.47. The zero-order valence-corrected chi connectivity index (χ0v) is 35.4. The zero-order valence-electron chi connectivity index (χ0n) is 33.8. The number of carboxylic acids is 1. The van der Waals surface area contributed by atoms with Crippen molar-refractivity contribution in [1.82, 2.24) is 10.0 Å². The third-order valence-electron chi connectivity index (χ3n) is 10.8. The Balaban J connectivity index is 1.08. The van der Waals surface area contributed by atoms with Crippen LogP contribution in [-0.2, 0) is 43.9 Å². The number of carbonyl (C=O) groups is 2. The van der Waals surface area contributed by atoms with Crippen LogP contribution in [0.4, 0.5) is 0 Å². The van der Waals surface area contributed by atoms with Crippen LogP contribution in [-0.4, -0.2) is 48.4 Å². The summed E-state index contributed by atoms with van der Waals surface area (Å²) in [5.74, 6) is -0.853. The zero-order chi connectivity index (χ0) is 42.9. The van der Waals surface area contributed by atoms with Gasteiger partial charge < -0.3 is 25.0 Å². The number of amides is 1. The summed E-state index contributed by atoms with van der Waals surface area (Å²) < 4.78 is 42.9. The van der Waals surface area contributed by atoms with Crippen LogP contribution in [0.1, 0.15) is 63.1 Å². The van der Waals surface area contributed by atoms with Gasteiger partial charge in [0.25, 0.3) is 0 Å². The lowest BCUT2D eigenvalue weighted by Gasteiger charge is -2.41. The van der Waals surface area contributed by atoms with Gasteiger partial charge in [-0.25, -0.2) is 13.2 Å². The Morgan fingerprint density at radius 3 is 2.10 bits per heavy atom. The highest BCUT2D eigenvalue weighted by atomic mass is 32.2. The second-order valence-corrected chi connectivity index (χ2v) is 18.0. The third kappa shape index (κ3) is 11.2. The van der Waals surface area contributed by atoms with Gasteiger partial charge in [-0.15, -0.1) is 11.8 Å². The number of thioether (sulfide) groups is 1. The molecule has 0 bridgehead atoms. The highest BCUT2D eigenvalue weighted by Gasteiger charge is 2.38. The van der Waals surface area contributed by atoms with Gasteiger partial charge >= 0.3 is 5.97 Å². The van der Waals surface area contributed by atoms with Crippen LogP contribution in [0.15, 0.2) is 161 Å². The summed E-state index contributed by atoms with van der Waals surface area (Å²) in [4.78, 5) is 26.1. The molecule has 0 saturated carbocycles. The van der Waals surface area contributed by atoms with E-state index in [4.69, 9.17) is 9.47 Å². The quantitative estimate of drug-likeness (QED) is 0.0702. The van der Waals surface area contributed by atoms with Crippen molar-refractivity contribution >= 4 is 33.7 Å². The van der Waals surface area contributed by atoms with Gasteiger partial charge in [0.15, 0.2) is 6.29 Å². The SMILES string of the molecule is Cc1ccc(S(=O)(=O)NC(Cc2ccccc2)C(=O)NCc2cccc(-c3cccc(C4OC(CSc5ccc(C(=O)O)cc5)C(C)C(c5ccc(CO)cc5)O4)c3)c2)cc1. The van der Waals surface area contributed by atoms with Gasteiger partial charge in [0, 0.05) is 28.7 Å². The van der Waals surface area contributed by atoms with Crippen LogP contribution in [0.2, 0.25) is 0 Å². The number of carbonyl (C=O) groups excluding carboxylic acids is 1. The average molecular weight is 857 g/mol. The smallest absolute Gasteiger partial charge is 0.335 e. The summed E-state index contributed by atoms with van der Waals surface area (Å²) in [5, 5.41) is 22.0. The van der Waals surface area contributed by atoms with Gasteiger partial charge in [0.2, 0.25) is 15.9 Å². The fourth-order valence-corrected chi connectivity index (χ4v) is 9.49. The molecule has 0 aliphatic carbocycles. The molecule has 10 nitrogen and oxygen atoms in total. The first-order valence-corrected chi connectivity index (χ1v) is 22.5. The average Bonchev–Trinajstić information content (AvgIpc) is 3.28. The number of hydrogen-bond acceptors (Lipinski definition) is 8. The van der Waals surface area contributed by atoms with Crippen molar-refractivity contribution < 1.29 is 37.7 Å². The molecule has 12 heteroatoms. The Hall–Kier alpha value is -5.60. The van der Waals surface area contributed by atoms with Crippen molar-refractivity contribution in [3.63, 3.8) is 0 Å². The van der Waals surface area contributed by atoms with Crippen molar-refractivity contribution in [2.75, 3.05) is 5.75 Å². The largest absolute Gasteiger partial charge is 0.478 e. The molecule has 0 aromatic heterocycles. The number of hydrogen-bond donors (Lipinski definition) is 4. The number of rotatable bonds is 16. The number of benzene rings is 6. The third-order valence-corrected chi connectivity index (χ3v) is 13.3. The lowest BCUT2D eigenvalue weighted by atomic mass is 9.91. The first-order chi connectivity index (χ1) is 29.4. The fourth-order valence-electron chi connectivity index (χ4n) is 7.23. The van der Waals surface area contributed by atoms with E-state index in [0.717, 1.165) is 49.4 Å². The molecule has 1 aliphatic rings. The molecule has 1 aliphatic heterocycles. The van der Waals surface area contributed by atoms with Gasteiger partial charge in [-0.05, 0) is 95.3 Å². The van der Waals surface area contributed by atoms with E-state index >= 15 is 0 Å². The van der Waals surface area contributed by atoms with Crippen molar-refractivity contribution in [2.24, 2.45) is 5.92 Å². The molecule has 0 radical (unpaired) electrons. The minimum absolute atomic E-state index is 0.0395.